The van der Waals surface area contributed by atoms with Crippen molar-refractivity contribution in [3.05, 3.63) is 131 Å². The number of carbonyl (C=O) groups is 2. The maximum atomic E-state index is 14.5. The standard InChI is InChI=1S/C36H41N3O4S/c1-4-5-23-37-36(41)34(25-30-14-8-6-9-15-30)38(26-31-16-10-7-11-17-31)35(40)27-39(32-18-12-13-29(3)24-32)44(42,43)33-21-19-28(2)20-22-33/h6-22,24,34H,4-5,23,25-27H2,1-3H3,(H,37,41). The van der Waals surface area contributed by atoms with Gasteiger partial charge in [-0.1, -0.05) is 104 Å². The molecule has 1 atom stereocenters. The molecule has 0 bridgehead atoms. The average Bonchev–Trinajstić information content (AvgIpc) is 3.02. The van der Waals surface area contributed by atoms with Crippen LogP contribution in [-0.4, -0.2) is 44.3 Å². The second kappa shape index (κ2) is 15.3. The first-order valence-electron chi connectivity index (χ1n) is 15.0. The summed E-state index contributed by atoms with van der Waals surface area (Å²) in [5.74, 6) is -0.743. The number of hydrogen-bond donors (Lipinski definition) is 1. The number of nitrogens with one attached hydrogen (secondary N) is 1. The van der Waals surface area contributed by atoms with Gasteiger partial charge in [-0.05, 0) is 61.2 Å². The molecule has 0 heterocycles. The maximum Gasteiger partial charge on any atom is 0.264 e. The summed E-state index contributed by atoms with van der Waals surface area (Å²) in [6.45, 7) is 5.97. The number of aryl methyl sites for hydroxylation is 2. The molecule has 44 heavy (non-hydrogen) atoms. The molecule has 0 aliphatic carbocycles. The third-order valence-corrected chi connectivity index (χ3v) is 9.26. The van der Waals surface area contributed by atoms with Gasteiger partial charge in [0.2, 0.25) is 11.8 Å². The Kier molecular flexibility index (Phi) is 11.3. The Hall–Kier alpha value is -4.43. The number of rotatable bonds is 14. The van der Waals surface area contributed by atoms with Gasteiger partial charge in [0.05, 0.1) is 10.6 Å². The van der Waals surface area contributed by atoms with Crippen molar-refractivity contribution in [3.8, 4) is 0 Å². The lowest BCUT2D eigenvalue weighted by Crippen LogP contribution is -2.53. The molecule has 0 saturated heterocycles. The van der Waals surface area contributed by atoms with Crippen molar-refractivity contribution < 1.29 is 18.0 Å². The van der Waals surface area contributed by atoms with Crippen LogP contribution in [0, 0.1) is 13.8 Å². The van der Waals surface area contributed by atoms with Crippen molar-refractivity contribution in [2.24, 2.45) is 0 Å². The molecule has 0 fully saturated rings. The van der Waals surface area contributed by atoms with Crippen LogP contribution in [0.15, 0.2) is 114 Å². The maximum absolute atomic E-state index is 14.5. The van der Waals surface area contributed by atoms with Crippen molar-refractivity contribution in [3.63, 3.8) is 0 Å². The van der Waals surface area contributed by atoms with E-state index >= 15 is 0 Å². The minimum Gasteiger partial charge on any atom is -0.354 e. The molecular weight excluding hydrogens is 570 g/mol. The fraction of sp³-hybridized carbons (Fsp3) is 0.278. The summed E-state index contributed by atoms with van der Waals surface area (Å²) in [5.41, 5.74) is 3.90. The van der Waals surface area contributed by atoms with E-state index in [0.29, 0.717) is 12.2 Å². The summed E-state index contributed by atoms with van der Waals surface area (Å²) in [7, 11) is -4.13. The number of sulfonamides is 1. The zero-order chi connectivity index (χ0) is 31.5. The van der Waals surface area contributed by atoms with Crippen LogP contribution in [0.5, 0.6) is 0 Å². The first-order chi connectivity index (χ1) is 21.2. The SMILES string of the molecule is CCCCNC(=O)C(Cc1ccccc1)N(Cc1ccccc1)C(=O)CN(c1cccc(C)c1)S(=O)(=O)c1ccc(C)cc1. The summed E-state index contributed by atoms with van der Waals surface area (Å²) in [6.07, 6.45) is 2.01. The van der Waals surface area contributed by atoms with Crippen LogP contribution in [-0.2, 0) is 32.6 Å². The van der Waals surface area contributed by atoms with E-state index in [4.69, 9.17) is 0 Å². The molecule has 0 saturated carbocycles. The van der Waals surface area contributed by atoms with E-state index in [2.05, 4.69) is 5.32 Å². The van der Waals surface area contributed by atoms with Gasteiger partial charge in [-0.15, -0.1) is 0 Å². The van der Waals surface area contributed by atoms with Crippen molar-refractivity contribution in [2.45, 2.75) is 57.5 Å². The normalized spacial score (nSPS) is 11.9. The van der Waals surface area contributed by atoms with Crippen molar-refractivity contribution in [1.82, 2.24) is 10.2 Å². The van der Waals surface area contributed by atoms with Crippen LogP contribution in [0.4, 0.5) is 5.69 Å². The van der Waals surface area contributed by atoms with Gasteiger partial charge in [0.15, 0.2) is 0 Å². The lowest BCUT2D eigenvalue weighted by molar-refractivity contribution is -0.140. The Morgan fingerprint density at radius 3 is 2.02 bits per heavy atom. The monoisotopic (exact) mass is 611 g/mol. The third-order valence-electron chi connectivity index (χ3n) is 7.47. The second-order valence-electron chi connectivity index (χ2n) is 11.0. The highest BCUT2D eigenvalue weighted by atomic mass is 32.2. The van der Waals surface area contributed by atoms with E-state index in [1.165, 1.54) is 4.90 Å². The number of hydrogen-bond acceptors (Lipinski definition) is 4. The Morgan fingerprint density at radius 2 is 1.41 bits per heavy atom. The molecule has 1 N–H and O–H groups in total. The molecular formula is C36H41N3O4S. The van der Waals surface area contributed by atoms with Crippen LogP contribution >= 0.6 is 0 Å². The lowest BCUT2D eigenvalue weighted by atomic mass is 10.0. The van der Waals surface area contributed by atoms with E-state index in [1.807, 2.05) is 87.5 Å². The van der Waals surface area contributed by atoms with E-state index in [1.54, 1.807) is 42.5 Å². The zero-order valence-corrected chi connectivity index (χ0v) is 26.5. The number of nitrogens with zero attached hydrogens (tertiary/aromatic N) is 2. The minimum atomic E-state index is -4.13. The molecule has 0 aliphatic heterocycles. The molecule has 0 aliphatic rings. The number of amides is 2. The van der Waals surface area contributed by atoms with Crippen LogP contribution in [0.2, 0.25) is 0 Å². The highest BCUT2D eigenvalue weighted by molar-refractivity contribution is 7.92. The summed E-state index contributed by atoms with van der Waals surface area (Å²) >= 11 is 0. The van der Waals surface area contributed by atoms with Gasteiger partial charge in [-0.25, -0.2) is 8.42 Å². The minimum absolute atomic E-state index is 0.0881. The molecule has 4 aromatic carbocycles. The summed E-state index contributed by atoms with van der Waals surface area (Å²) in [6, 6.07) is 31.8. The topological polar surface area (TPSA) is 86.8 Å². The summed E-state index contributed by atoms with van der Waals surface area (Å²) < 4.78 is 29.4. The number of benzene rings is 4. The van der Waals surface area contributed by atoms with E-state index in [-0.39, 0.29) is 23.8 Å². The fourth-order valence-corrected chi connectivity index (χ4v) is 6.40. The third kappa shape index (κ3) is 8.57. The number of unbranched alkanes of at least 4 members (excludes halogenated alkanes) is 1. The van der Waals surface area contributed by atoms with Crippen LogP contribution in [0.25, 0.3) is 0 Å². The van der Waals surface area contributed by atoms with Gasteiger partial charge < -0.3 is 10.2 Å². The van der Waals surface area contributed by atoms with E-state index in [0.717, 1.165) is 39.4 Å². The molecule has 0 radical (unpaired) electrons. The summed E-state index contributed by atoms with van der Waals surface area (Å²) in [5, 5.41) is 3.01. The Balaban J connectivity index is 1.77. The molecule has 2 amide bonds. The molecule has 8 heteroatoms. The predicted octanol–water partition coefficient (Wildman–Crippen LogP) is 6.06. The molecule has 0 aromatic heterocycles. The average molecular weight is 612 g/mol. The molecule has 7 nitrogen and oxygen atoms in total. The largest absolute Gasteiger partial charge is 0.354 e. The van der Waals surface area contributed by atoms with Gasteiger partial charge in [-0.2, -0.15) is 0 Å². The molecule has 230 valence electrons. The number of anilines is 1. The van der Waals surface area contributed by atoms with Crippen LogP contribution in [0.3, 0.4) is 0 Å². The second-order valence-corrected chi connectivity index (χ2v) is 12.9. The van der Waals surface area contributed by atoms with Crippen LogP contribution < -0.4 is 9.62 Å². The quantitative estimate of drug-likeness (QED) is 0.176. The smallest absolute Gasteiger partial charge is 0.264 e. The first-order valence-corrected chi connectivity index (χ1v) is 16.4. The zero-order valence-electron chi connectivity index (χ0n) is 25.6. The first kappa shape index (κ1) is 32.5. The highest BCUT2D eigenvalue weighted by Crippen LogP contribution is 2.26. The Morgan fingerprint density at radius 1 is 0.773 bits per heavy atom. The molecule has 0 spiro atoms. The van der Waals surface area contributed by atoms with Gasteiger partial charge in [0, 0.05) is 19.5 Å². The molecule has 4 aromatic rings. The van der Waals surface area contributed by atoms with E-state index in [9.17, 15) is 18.0 Å². The van der Waals surface area contributed by atoms with Gasteiger partial charge in [0.25, 0.3) is 10.0 Å². The lowest BCUT2D eigenvalue weighted by Gasteiger charge is -2.34. The fourth-order valence-electron chi connectivity index (χ4n) is 4.99. The van der Waals surface area contributed by atoms with Crippen molar-refractivity contribution in [1.29, 1.82) is 0 Å². The molecule has 1 unspecified atom stereocenters. The van der Waals surface area contributed by atoms with E-state index < -0.39 is 28.5 Å². The molecule has 4 rings (SSSR count). The van der Waals surface area contributed by atoms with Gasteiger partial charge >= 0.3 is 0 Å². The van der Waals surface area contributed by atoms with Crippen molar-refractivity contribution in [2.75, 3.05) is 17.4 Å². The van der Waals surface area contributed by atoms with Gasteiger partial charge in [0.1, 0.15) is 12.6 Å². The van der Waals surface area contributed by atoms with Gasteiger partial charge in [-0.3, -0.25) is 13.9 Å². The highest BCUT2D eigenvalue weighted by Gasteiger charge is 2.34. The summed E-state index contributed by atoms with van der Waals surface area (Å²) in [4.78, 5) is 29.8. The van der Waals surface area contributed by atoms with Crippen LogP contribution in [0.1, 0.15) is 42.0 Å². The number of carbonyl (C=O) groups excluding carboxylic acids is 2. The predicted molar refractivity (Wildman–Crippen MR) is 176 cm³/mol. The van der Waals surface area contributed by atoms with Crippen molar-refractivity contribution >= 4 is 27.5 Å². The Labute approximate surface area is 261 Å². The Bertz CT molecular complexity index is 1630.